The van der Waals surface area contributed by atoms with E-state index in [0.29, 0.717) is 0 Å². The number of pyridine rings is 1. The Morgan fingerprint density at radius 1 is 1.00 bits per heavy atom. The number of nitrogens with zero attached hydrogens (tertiary/aromatic N) is 1. The van der Waals surface area contributed by atoms with Gasteiger partial charge in [0.2, 0.25) is 0 Å². The van der Waals surface area contributed by atoms with E-state index >= 15 is 0 Å². The molecule has 0 saturated carbocycles. The zero-order chi connectivity index (χ0) is 12.6. The van der Waals surface area contributed by atoms with Crippen LogP contribution in [0.5, 0.6) is 5.75 Å². The van der Waals surface area contributed by atoms with Crippen molar-refractivity contribution in [2.75, 3.05) is 7.11 Å². The SMILES string of the molecule is COc1cc(C(C)(C)C)ncc1C(C)(C)C. The Labute approximate surface area is 99.0 Å². The molecule has 1 aromatic rings. The highest BCUT2D eigenvalue weighted by Crippen LogP contribution is 2.33. The Bertz CT molecular complexity index is 369. The lowest BCUT2D eigenvalue weighted by atomic mass is 9.85. The Kier molecular flexibility index (Phi) is 3.32. The van der Waals surface area contributed by atoms with Crippen molar-refractivity contribution in [3.8, 4) is 5.75 Å². The third-order valence-corrected chi connectivity index (χ3v) is 2.66. The van der Waals surface area contributed by atoms with E-state index in [1.807, 2.05) is 6.20 Å². The molecule has 2 heteroatoms. The minimum absolute atomic E-state index is 0.0592. The zero-order valence-electron chi connectivity index (χ0n) is 11.5. The number of ether oxygens (including phenoxy) is 1. The molecule has 1 aromatic heterocycles. The molecule has 0 spiro atoms. The molecule has 0 radical (unpaired) electrons. The van der Waals surface area contributed by atoms with Crippen LogP contribution in [0.25, 0.3) is 0 Å². The first-order valence-corrected chi connectivity index (χ1v) is 5.71. The molecular formula is C14H23NO. The maximum absolute atomic E-state index is 5.47. The third kappa shape index (κ3) is 2.75. The van der Waals surface area contributed by atoms with Crippen molar-refractivity contribution in [1.82, 2.24) is 4.98 Å². The van der Waals surface area contributed by atoms with Crippen LogP contribution in [0, 0.1) is 0 Å². The quantitative estimate of drug-likeness (QED) is 0.721. The highest BCUT2D eigenvalue weighted by atomic mass is 16.5. The van der Waals surface area contributed by atoms with E-state index in [0.717, 1.165) is 17.0 Å². The minimum atomic E-state index is 0.0592. The normalized spacial score (nSPS) is 12.7. The number of hydrogen-bond acceptors (Lipinski definition) is 2. The number of rotatable bonds is 1. The van der Waals surface area contributed by atoms with Gasteiger partial charge in [0.05, 0.1) is 7.11 Å². The molecule has 0 N–H and O–H groups in total. The first-order valence-electron chi connectivity index (χ1n) is 5.71. The first kappa shape index (κ1) is 13.0. The fourth-order valence-electron chi connectivity index (χ4n) is 1.58. The summed E-state index contributed by atoms with van der Waals surface area (Å²) in [4.78, 5) is 4.55. The summed E-state index contributed by atoms with van der Waals surface area (Å²) in [6.07, 6.45) is 1.94. The van der Waals surface area contributed by atoms with Gasteiger partial charge >= 0.3 is 0 Å². The van der Waals surface area contributed by atoms with E-state index < -0.39 is 0 Å². The lowest BCUT2D eigenvalue weighted by molar-refractivity contribution is 0.393. The average Bonchev–Trinajstić information content (AvgIpc) is 2.14. The van der Waals surface area contributed by atoms with Gasteiger partial charge in [-0.3, -0.25) is 4.98 Å². The van der Waals surface area contributed by atoms with Crippen LogP contribution in [0.1, 0.15) is 52.8 Å². The Morgan fingerprint density at radius 2 is 1.56 bits per heavy atom. The second-order valence-electron chi connectivity index (χ2n) is 6.27. The van der Waals surface area contributed by atoms with E-state index in [1.165, 1.54) is 0 Å². The molecule has 16 heavy (non-hydrogen) atoms. The highest BCUT2D eigenvalue weighted by Gasteiger charge is 2.23. The lowest BCUT2D eigenvalue weighted by Gasteiger charge is -2.24. The summed E-state index contributed by atoms with van der Waals surface area (Å²) < 4.78 is 5.47. The van der Waals surface area contributed by atoms with Crippen LogP contribution >= 0.6 is 0 Å². The summed E-state index contributed by atoms with van der Waals surface area (Å²) in [6.45, 7) is 13.0. The van der Waals surface area contributed by atoms with Crippen LogP contribution in [-0.2, 0) is 10.8 Å². The summed E-state index contributed by atoms with van der Waals surface area (Å²) in [6, 6.07) is 2.06. The van der Waals surface area contributed by atoms with Gasteiger partial charge in [-0.25, -0.2) is 0 Å². The van der Waals surface area contributed by atoms with E-state index in [9.17, 15) is 0 Å². The monoisotopic (exact) mass is 221 g/mol. The first-order chi connectivity index (χ1) is 7.16. The second-order valence-corrected chi connectivity index (χ2v) is 6.27. The second kappa shape index (κ2) is 4.08. The summed E-state index contributed by atoms with van der Waals surface area (Å²) in [5.41, 5.74) is 2.35. The topological polar surface area (TPSA) is 22.1 Å². The summed E-state index contributed by atoms with van der Waals surface area (Å²) in [5.74, 6) is 0.937. The molecule has 0 unspecified atom stereocenters. The van der Waals surface area contributed by atoms with Gasteiger partial charge in [-0.15, -0.1) is 0 Å². The zero-order valence-corrected chi connectivity index (χ0v) is 11.5. The molecule has 0 fully saturated rings. The lowest BCUT2D eigenvalue weighted by Crippen LogP contribution is -2.18. The van der Waals surface area contributed by atoms with E-state index in [1.54, 1.807) is 7.11 Å². The molecule has 1 heterocycles. The molecule has 0 saturated heterocycles. The molecule has 0 bridgehead atoms. The Hall–Kier alpha value is -1.05. The van der Waals surface area contributed by atoms with Gasteiger partial charge in [0.1, 0.15) is 5.75 Å². The molecule has 0 aliphatic heterocycles. The summed E-state index contributed by atoms with van der Waals surface area (Å²) in [7, 11) is 1.72. The van der Waals surface area contributed by atoms with Gasteiger partial charge in [0.25, 0.3) is 0 Å². The summed E-state index contributed by atoms with van der Waals surface area (Å²) >= 11 is 0. The van der Waals surface area contributed by atoms with Crippen LogP contribution in [0.15, 0.2) is 12.3 Å². The third-order valence-electron chi connectivity index (χ3n) is 2.66. The highest BCUT2D eigenvalue weighted by molar-refractivity contribution is 5.39. The van der Waals surface area contributed by atoms with E-state index in [4.69, 9.17) is 4.74 Å². The predicted octanol–water partition coefficient (Wildman–Crippen LogP) is 3.69. The van der Waals surface area contributed by atoms with E-state index in [-0.39, 0.29) is 10.8 Å². The number of hydrogen-bond donors (Lipinski definition) is 0. The molecule has 0 atom stereocenters. The molecule has 0 aliphatic rings. The molecular weight excluding hydrogens is 198 g/mol. The smallest absolute Gasteiger partial charge is 0.125 e. The van der Waals surface area contributed by atoms with Gasteiger partial charge in [-0.1, -0.05) is 41.5 Å². The predicted molar refractivity (Wildman–Crippen MR) is 68.2 cm³/mol. The van der Waals surface area contributed by atoms with Crippen molar-refractivity contribution in [2.24, 2.45) is 0 Å². The maximum atomic E-state index is 5.47. The fourth-order valence-corrected chi connectivity index (χ4v) is 1.58. The molecule has 90 valence electrons. The summed E-state index contributed by atoms with van der Waals surface area (Å²) in [5, 5.41) is 0. The van der Waals surface area contributed by atoms with Crippen molar-refractivity contribution >= 4 is 0 Å². The standard InChI is InChI=1S/C14H23NO/c1-13(2,3)10-9-15-12(14(4,5)6)8-11(10)16-7/h8-9H,1-7H3. The van der Waals surface area contributed by atoms with Crippen LogP contribution < -0.4 is 4.74 Å². The van der Waals surface area contributed by atoms with Gasteiger partial charge in [0, 0.05) is 28.9 Å². The van der Waals surface area contributed by atoms with Crippen molar-refractivity contribution in [3.63, 3.8) is 0 Å². The fraction of sp³-hybridized carbons (Fsp3) is 0.643. The van der Waals surface area contributed by atoms with Crippen molar-refractivity contribution < 1.29 is 4.74 Å². The van der Waals surface area contributed by atoms with Crippen LogP contribution in [0.3, 0.4) is 0 Å². The largest absolute Gasteiger partial charge is 0.496 e. The van der Waals surface area contributed by atoms with Gasteiger partial charge < -0.3 is 4.74 Å². The number of methoxy groups -OCH3 is 1. The molecule has 2 nitrogen and oxygen atoms in total. The molecule has 1 rings (SSSR count). The molecule has 0 amide bonds. The van der Waals surface area contributed by atoms with Crippen molar-refractivity contribution in [3.05, 3.63) is 23.5 Å². The average molecular weight is 221 g/mol. The minimum Gasteiger partial charge on any atom is -0.496 e. The maximum Gasteiger partial charge on any atom is 0.125 e. The Morgan fingerprint density at radius 3 is 1.94 bits per heavy atom. The van der Waals surface area contributed by atoms with Crippen LogP contribution in [-0.4, -0.2) is 12.1 Å². The Balaban J connectivity index is 3.28. The molecule has 0 aliphatic carbocycles. The van der Waals surface area contributed by atoms with Gasteiger partial charge in [-0.05, 0) is 5.41 Å². The van der Waals surface area contributed by atoms with E-state index in [2.05, 4.69) is 52.6 Å². The van der Waals surface area contributed by atoms with Crippen molar-refractivity contribution in [2.45, 2.75) is 52.4 Å². The van der Waals surface area contributed by atoms with Crippen LogP contribution in [0.4, 0.5) is 0 Å². The van der Waals surface area contributed by atoms with Crippen molar-refractivity contribution in [1.29, 1.82) is 0 Å². The molecule has 0 aromatic carbocycles. The van der Waals surface area contributed by atoms with Gasteiger partial charge in [0.15, 0.2) is 0 Å². The number of aromatic nitrogens is 1. The van der Waals surface area contributed by atoms with Gasteiger partial charge in [-0.2, -0.15) is 0 Å². The van der Waals surface area contributed by atoms with Crippen LogP contribution in [0.2, 0.25) is 0 Å².